The molecule has 0 aliphatic heterocycles. The third-order valence-corrected chi connectivity index (χ3v) is 3.82. The van der Waals surface area contributed by atoms with Gasteiger partial charge >= 0.3 is 0 Å². The molecule has 2 rings (SSSR count). The van der Waals surface area contributed by atoms with Crippen molar-refractivity contribution in [1.29, 1.82) is 0 Å². The monoisotopic (exact) mass is 282 g/mol. The summed E-state index contributed by atoms with van der Waals surface area (Å²) in [6, 6.07) is 2.13. The van der Waals surface area contributed by atoms with Crippen molar-refractivity contribution < 1.29 is 0 Å². The van der Waals surface area contributed by atoms with E-state index in [2.05, 4.69) is 38.9 Å². The highest BCUT2D eigenvalue weighted by Crippen LogP contribution is 2.26. The lowest BCUT2D eigenvalue weighted by Crippen LogP contribution is -2.26. The topological polar surface area (TPSA) is 16.1 Å². The van der Waals surface area contributed by atoms with Gasteiger partial charge in [-0.3, -0.25) is 4.98 Å². The van der Waals surface area contributed by atoms with Crippen LogP contribution in [0.1, 0.15) is 32.1 Å². The van der Waals surface area contributed by atoms with Crippen molar-refractivity contribution in [2.24, 2.45) is 5.92 Å². The molecule has 0 amide bonds. The van der Waals surface area contributed by atoms with Crippen molar-refractivity contribution in [1.82, 2.24) is 4.98 Å². The first-order valence-electron chi connectivity index (χ1n) is 6.07. The van der Waals surface area contributed by atoms with Crippen LogP contribution in [0.3, 0.4) is 0 Å². The molecular formula is C13H19BrN2. The number of pyridine rings is 1. The van der Waals surface area contributed by atoms with Crippen LogP contribution >= 0.6 is 15.9 Å². The zero-order chi connectivity index (χ0) is 11.4. The Balaban J connectivity index is 1.94. The van der Waals surface area contributed by atoms with Crippen LogP contribution < -0.4 is 4.90 Å². The molecule has 0 unspecified atom stereocenters. The van der Waals surface area contributed by atoms with Crippen molar-refractivity contribution in [2.45, 2.75) is 32.1 Å². The fourth-order valence-corrected chi connectivity index (χ4v) is 2.82. The van der Waals surface area contributed by atoms with E-state index in [1.54, 1.807) is 0 Å². The molecular weight excluding hydrogens is 264 g/mol. The molecule has 1 heterocycles. The number of aromatic nitrogens is 1. The number of halogens is 1. The van der Waals surface area contributed by atoms with Gasteiger partial charge in [0, 0.05) is 24.3 Å². The van der Waals surface area contributed by atoms with Crippen LogP contribution in [-0.4, -0.2) is 18.6 Å². The average molecular weight is 283 g/mol. The zero-order valence-corrected chi connectivity index (χ0v) is 11.4. The predicted molar refractivity (Wildman–Crippen MR) is 71.8 cm³/mol. The lowest BCUT2D eigenvalue weighted by molar-refractivity contribution is 0.362. The van der Waals surface area contributed by atoms with Crippen LogP contribution in [0.25, 0.3) is 0 Å². The van der Waals surface area contributed by atoms with Gasteiger partial charge in [-0.1, -0.05) is 19.3 Å². The van der Waals surface area contributed by atoms with Crippen LogP contribution in [0, 0.1) is 5.92 Å². The Bertz CT molecular complexity index is 334. The third kappa shape index (κ3) is 3.21. The standard InChI is InChI=1S/C13H19BrN2/c1-16(10-11-5-3-2-4-6-11)13-7-12(14)8-15-9-13/h7-9,11H,2-6,10H2,1H3. The number of hydrogen-bond acceptors (Lipinski definition) is 2. The average Bonchev–Trinajstić information content (AvgIpc) is 2.30. The molecule has 1 aromatic heterocycles. The van der Waals surface area contributed by atoms with Gasteiger partial charge in [0.05, 0.1) is 11.9 Å². The smallest absolute Gasteiger partial charge is 0.0561 e. The second-order valence-corrected chi connectivity index (χ2v) is 5.66. The molecule has 88 valence electrons. The minimum atomic E-state index is 0.873. The highest BCUT2D eigenvalue weighted by Gasteiger charge is 2.15. The number of anilines is 1. The molecule has 2 nitrogen and oxygen atoms in total. The molecule has 1 aliphatic rings. The third-order valence-electron chi connectivity index (χ3n) is 3.39. The number of nitrogens with zero attached hydrogens (tertiary/aromatic N) is 2. The zero-order valence-electron chi connectivity index (χ0n) is 9.82. The van der Waals surface area contributed by atoms with E-state index < -0.39 is 0 Å². The molecule has 1 saturated carbocycles. The normalized spacial score (nSPS) is 17.4. The van der Waals surface area contributed by atoms with Crippen LogP contribution in [0.4, 0.5) is 5.69 Å². The van der Waals surface area contributed by atoms with Crippen molar-refractivity contribution >= 4 is 21.6 Å². The molecule has 3 heteroatoms. The maximum Gasteiger partial charge on any atom is 0.0561 e. The highest BCUT2D eigenvalue weighted by molar-refractivity contribution is 9.10. The molecule has 0 N–H and O–H groups in total. The van der Waals surface area contributed by atoms with Crippen molar-refractivity contribution in [2.75, 3.05) is 18.5 Å². The minimum absolute atomic E-state index is 0.873. The minimum Gasteiger partial charge on any atom is -0.373 e. The second kappa shape index (κ2) is 5.67. The van der Waals surface area contributed by atoms with Gasteiger partial charge in [-0.2, -0.15) is 0 Å². The van der Waals surface area contributed by atoms with Gasteiger partial charge in [0.2, 0.25) is 0 Å². The Hall–Kier alpha value is -0.570. The fraction of sp³-hybridized carbons (Fsp3) is 0.615. The van der Waals surface area contributed by atoms with E-state index in [1.165, 1.54) is 37.8 Å². The molecule has 1 aliphatic carbocycles. The molecule has 1 fully saturated rings. The van der Waals surface area contributed by atoms with Crippen LogP contribution in [-0.2, 0) is 0 Å². The number of hydrogen-bond donors (Lipinski definition) is 0. The van der Waals surface area contributed by atoms with Crippen LogP contribution in [0.15, 0.2) is 22.9 Å². The Labute approximate surface area is 106 Å². The van der Waals surface area contributed by atoms with E-state index in [0.29, 0.717) is 0 Å². The van der Waals surface area contributed by atoms with Crippen LogP contribution in [0.2, 0.25) is 0 Å². The molecule has 16 heavy (non-hydrogen) atoms. The Morgan fingerprint density at radius 3 is 2.75 bits per heavy atom. The Kier molecular flexibility index (Phi) is 4.22. The van der Waals surface area contributed by atoms with Gasteiger partial charge in [-0.25, -0.2) is 0 Å². The van der Waals surface area contributed by atoms with Gasteiger partial charge in [0.15, 0.2) is 0 Å². The first kappa shape index (κ1) is 11.9. The van der Waals surface area contributed by atoms with E-state index in [1.807, 2.05) is 12.4 Å². The molecule has 1 aromatic rings. The molecule has 0 aromatic carbocycles. The van der Waals surface area contributed by atoms with Crippen molar-refractivity contribution in [3.8, 4) is 0 Å². The SMILES string of the molecule is CN(CC1CCCCC1)c1cncc(Br)c1. The molecule has 0 saturated heterocycles. The lowest BCUT2D eigenvalue weighted by atomic mass is 9.89. The second-order valence-electron chi connectivity index (χ2n) is 4.75. The molecule has 0 spiro atoms. The summed E-state index contributed by atoms with van der Waals surface area (Å²) in [6.07, 6.45) is 10.8. The maximum atomic E-state index is 4.21. The van der Waals surface area contributed by atoms with Crippen LogP contribution in [0.5, 0.6) is 0 Å². The quantitative estimate of drug-likeness (QED) is 0.837. The highest BCUT2D eigenvalue weighted by atomic mass is 79.9. The summed E-state index contributed by atoms with van der Waals surface area (Å²) in [5.41, 5.74) is 1.21. The predicted octanol–water partition coefficient (Wildman–Crippen LogP) is 3.86. The van der Waals surface area contributed by atoms with E-state index in [0.717, 1.165) is 16.9 Å². The van der Waals surface area contributed by atoms with E-state index in [9.17, 15) is 0 Å². The summed E-state index contributed by atoms with van der Waals surface area (Å²) in [4.78, 5) is 6.54. The van der Waals surface area contributed by atoms with Gasteiger partial charge < -0.3 is 4.90 Å². The summed E-state index contributed by atoms with van der Waals surface area (Å²) >= 11 is 3.47. The summed E-state index contributed by atoms with van der Waals surface area (Å²) in [5, 5.41) is 0. The molecule has 0 atom stereocenters. The fourth-order valence-electron chi connectivity index (χ4n) is 2.47. The van der Waals surface area contributed by atoms with Gasteiger partial charge in [-0.05, 0) is 40.8 Å². The van der Waals surface area contributed by atoms with Crippen molar-refractivity contribution in [3.63, 3.8) is 0 Å². The Morgan fingerprint density at radius 1 is 1.31 bits per heavy atom. The maximum absolute atomic E-state index is 4.21. The summed E-state index contributed by atoms with van der Waals surface area (Å²) in [6.45, 7) is 1.16. The number of rotatable bonds is 3. The Morgan fingerprint density at radius 2 is 2.06 bits per heavy atom. The summed E-state index contributed by atoms with van der Waals surface area (Å²) in [5.74, 6) is 0.873. The first-order chi connectivity index (χ1) is 7.75. The van der Waals surface area contributed by atoms with E-state index >= 15 is 0 Å². The summed E-state index contributed by atoms with van der Waals surface area (Å²) < 4.78 is 1.06. The van der Waals surface area contributed by atoms with Gasteiger partial charge in [0.25, 0.3) is 0 Å². The molecule has 0 radical (unpaired) electrons. The van der Waals surface area contributed by atoms with Crippen molar-refractivity contribution in [3.05, 3.63) is 22.9 Å². The van der Waals surface area contributed by atoms with E-state index in [-0.39, 0.29) is 0 Å². The van der Waals surface area contributed by atoms with Gasteiger partial charge in [-0.15, -0.1) is 0 Å². The lowest BCUT2D eigenvalue weighted by Gasteiger charge is -2.28. The summed E-state index contributed by atoms with van der Waals surface area (Å²) in [7, 11) is 2.16. The first-order valence-corrected chi connectivity index (χ1v) is 6.86. The van der Waals surface area contributed by atoms with Gasteiger partial charge in [0.1, 0.15) is 0 Å². The largest absolute Gasteiger partial charge is 0.373 e. The molecule has 0 bridgehead atoms. The van der Waals surface area contributed by atoms with E-state index in [4.69, 9.17) is 0 Å².